The number of alkyl halides is 3. The van der Waals surface area contributed by atoms with E-state index in [9.17, 15) is 27.0 Å². The molecule has 1 atom stereocenters. The zero-order valence-corrected chi connectivity index (χ0v) is 25.2. The van der Waals surface area contributed by atoms with Crippen LogP contribution in [0.15, 0.2) is 47.1 Å². The van der Waals surface area contributed by atoms with E-state index in [-0.39, 0.29) is 28.3 Å². The molecule has 0 radical (unpaired) electrons. The second-order valence-corrected chi connectivity index (χ2v) is 13.4. The number of rotatable bonds is 7. The molecule has 2 aromatic rings. The number of benzene rings is 2. The lowest BCUT2D eigenvalue weighted by atomic mass is 9.86. The maximum atomic E-state index is 13.5. The highest BCUT2D eigenvalue weighted by molar-refractivity contribution is 7.86. The van der Waals surface area contributed by atoms with Crippen molar-refractivity contribution in [2.24, 2.45) is 5.41 Å². The minimum absolute atomic E-state index is 0.0354. The van der Waals surface area contributed by atoms with Crippen LogP contribution in [0.5, 0.6) is 5.75 Å². The molecule has 1 aliphatic rings. The summed E-state index contributed by atoms with van der Waals surface area (Å²) in [7, 11) is -2.23. The molecular weight excluding hydrogens is 559 g/mol. The Morgan fingerprint density at radius 2 is 1.71 bits per heavy atom. The number of nitrogens with two attached hydrogens (primary N) is 1. The summed E-state index contributed by atoms with van der Waals surface area (Å²) in [5.74, 6) is -1.22. The van der Waals surface area contributed by atoms with Crippen molar-refractivity contribution in [2.75, 3.05) is 24.0 Å². The van der Waals surface area contributed by atoms with E-state index < -0.39 is 32.5 Å². The van der Waals surface area contributed by atoms with Crippen LogP contribution in [0.2, 0.25) is 0 Å². The molecule has 2 amide bonds. The van der Waals surface area contributed by atoms with Gasteiger partial charge in [0.1, 0.15) is 0 Å². The molecule has 2 aromatic carbocycles. The van der Waals surface area contributed by atoms with Gasteiger partial charge in [0.2, 0.25) is 0 Å². The second kappa shape index (κ2) is 11.7. The van der Waals surface area contributed by atoms with Gasteiger partial charge >= 0.3 is 5.51 Å². The number of quaternary nitrogens is 1. The predicted molar refractivity (Wildman–Crippen MR) is 151 cm³/mol. The molecule has 5 N–H and O–H groups in total. The second-order valence-electron chi connectivity index (χ2n) is 11.9. The van der Waals surface area contributed by atoms with Gasteiger partial charge in [0, 0.05) is 12.1 Å². The van der Waals surface area contributed by atoms with E-state index in [0.717, 1.165) is 12.7 Å². The Labute approximate surface area is 240 Å². The first-order valence-electron chi connectivity index (χ1n) is 12.8. The first kappa shape index (κ1) is 31.9. The lowest BCUT2D eigenvalue weighted by molar-refractivity contribution is -0.699. The fourth-order valence-corrected chi connectivity index (χ4v) is 4.73. The van der Waals surface area contributed by atoms with Crippen molar-refractivity contribution in [3.8, 4) is 5.75 Å². The molecule has 0 fully saturated rings. The van der Waals surface area contributed by atoms with Crippen molar-refractivity contribution in [1.82, 2.24) is 10.7 Å². The van der Waals surface area contributed by atoms with Crippen LogP contribution >= 0.6 is 0 Å². The van der Waals surface area contributed by atoms with Gasteiger partial charge in [-0.15, -0.1) is 5.53 Å². The number of carbonyl (C=O) groups is 2. The van der Waals surface area contributed by atoms with E-state index >= 15 is 0 Å². The van der Waals surface area contributed by atoms with E-state index in [0.29, 0.717) is 23.5 Å². The Morgan fingerprint density at radius 1 is 1.05 bits per heavy atom. The Morgan fingerprint density at radius 3 is 2.27 bits per heavy atom. The normalized spacial score (nSPS) is 14.7. The highest BCUT2D eigenvalue weighted by Gasteiger charge is 2.41. The number of methoxy groups -OCH3 is 1. The SMILES string of the molecule is COc1c(NC(=O)c2ccc(C)c(N3C=C(C(=O)NCC(C)(C)C)N[NH2+]3)c2)cc(C(C)(C)C)cc1S(=O)C(F)(F)F. The molecule has 1 unspecified atom stereocenters. The van der Waals surface area contributed by atoms with Crippen molar-refractivity contribution < 1.29 is 37.2 Å². The molecule has 13 heteroatoms. The van der Waals surface area contributed by atoms with Gasteiger partial charge in [-0.25, -0.2) is 9.63 Å². The highest BCUT2D eigenvalue weighted by Crippen LogP contribution is 2.41. The highest BCUT2D eigenvalue weighted by atomic mass is 32.2. The van der Waals surface area contributed by atoms with Crippen molar-refractivity contribution in [1.29, 1.82) is 0 Å². The van der Waals surface area contributed by atoms with Gasteiger partial charge in [0.05, 0.1) is 29.6 Å². The Hall–Kier alpha value is -3.58. The van der Waals surface area contributed by atoms with Gasteiger partial charge in [0.25, 0.3) is 11.8 Å². The number of ether oxygens (including phenoxy) is 1. The van der Waals surface area contributed by atoms with Gasteiger partial charge < -0.3 is 15.4 Å². The van der Waals surface area contributed by atoms with E-state index in [1.165, 1.54) is 12.1 Å². The third-order valence-electron chi connectivity index (χ3n) is 6.18. The Balaban J connectivity index is 1.94. The molecule has 1 heterocycles. The molecule has 224 valence electrons. The first-order chi connectivity index (χ1) is 18.8. The number of carbonyl (C=O) groups excluding carboxylic acids is 2. The van der Waals surface area contributed by atoms with E-state index in [4.69, 9.17) is 4.74 Å². The van der Waals surface area contributed by atoms with Crippen LogP contribution in [0.25, 0.3) is 0 Å². The summed E-state index contributed by atoms with van der Waals surface area (Å²) < 4.78 is 58.0. The van der Waals surface area contributed by atoms with Crippen LogP contribution in [0.1, 0.15) is 63.0 Å². The van der Waals surface area contributed by atoms with Crippen molar-refractivity contribution in [3.05, 3.63) is 58.9 Å². The molecule has 0 bridgehead atoms. The molecule has 0 aromatic heterocycles. The lowest BCUT2D eigenvalue weighted by Gasteiger charge is -2.24. The monoisotopic (exact) mass is 596 g/mol. The summed E-state index contributed by atoms with van der Waals surface area (Å²) in [4.78, 5) is 25.4. The molecule has 0 spiro atoms. The minimum atomic E-state index is -5.02. The summed E-state index contributed by atoms with van der Waals surface area (Å²) in [6.07, 6.45) is 1.61. The van der Waals surface area contributed by atoms with Crippen LogP contribution in [-0.2, 0) is 21.0 Å². The third kappa shape index (κ3) is 7.79. The lowest BCUT2D eigenvalue weighted by Crippen LogP contribution is -2.98. The fraction of sp³-hybridized carbons (Fsp3) is 0.429. The summed E-state index contributed by atoms with van der Waals surface area (Å²) in [5, 5.41) is 7.18. The predicted octanol–water partition coefficient (Wildman–Crippen LogP) is 3.99. The number of nitrogens with zero attached hydrogens (tertiary/aromatic N) is 1. The van der Waals surface area contributed by atoms with Crippen LogP contribution in [0, 0.1) is 12.3 Å². The van der Waals surface area contributed by atoms with Gasteiger partial charge in [-0.05, 0) is 53.1 Å². The average molecular weight is 597 g/mol. The molecular formula is C28H37F3N5O4S+. The van der Waals surface area contributed by atoms with Crippen LogP contribution in [0.3, 0.4) is 0 Å². The number of hydrogen-bond acceptors (Lipinski definition) is 6. The maximum Gasteiger partial charge on any atom is 0.475 e. The van der Waals surface area contributed by atoms with Crippen molar-refractivity contribution in [3.63, 3.8) is 0 Å². The van der Waals surface area contributed by atoms with Crippen molar-refractivity contribution >= 4 is 34.0 Å². The standard InChI is InChI=1S/C28H36F3N5O4S/c1-16-9-10-17(11-21(16)36-14-20(34-35-36)25(38)32-15-26(2,3)4)24(37)33-19-12-18(27(5,6)7)13-22(23(19)40-8)41(39)28(29,30)31/h9-14,34-35H,15H2,1-8H3,(H,32,38)(H,33,37)/p+1. The topological polar surface area (TPSA) is 116 Å². The zero-order chi connectivity index (χ0) is 30.9. The fourth-order valence-electron chi connectivity index (χ4n) is 3.88. The minimum Gasteiger partial charge on any atom is -0.493 e. The zero-order valence-electron chi connectivity index (χ0n) is 24.4. The Bertz CT molecular complexity index is 1390. The van der Waals surface area contributed by atoms with E-state index in [2.05, 4.69) is 16.1 Å². The van der Waals surface area contributed by atoms with Crippen LogP contribution in [-0.4, -0.2) is 35.2 Å². The van der Waals surface area contributed by atoms with Gasteiger partial charge in [0.15, 0.2) is 22.2 Å². The number of amides is 2. The van der Waals surface area contributed by atoms with Crippen LogP contribution < -0.4 is 31.3 Å². The molecule has 41 heavy (non-hydrogen) atoms. The molecule has 1 aliphatic heterocycles. The van der Waals surface area contributed by atoms with Crippen LogP contribution in [0.4, 0.5) is 24.5 Å². The number of hydrogen-bond donors (Lipinski definition) is 4. The summed E-state index contributed by atoms with van der Waals surface area (Å²) in [6.45, 7) is 13.7. The van der Waals surface area contributed by atoms with E-state index in [1.54, 1.807) is 55.7 Å². The molecule has 0 saturated heterocycles. The maximum absolute atomic E-state index is 13.5. The average Bonchev–Trinajstić information content (AvgIpc) is 3.35. The molecule has 0 aliphatic carbocycles. The molecule has 3 rings (SSSR count). The largest absolute Gasteiger partial charge is 0.493 e. The Kier molecular flexibility index (Phi) is 9.14. The number of aryl methyl sites for hydroxylation is 1. The number of anilines is 2. The van der Waals surface area contributed by atoms with Gasteiger partial charge in [-0.3, -0.25) is 9.59 Å². The molecule has 9 nitrogen and oxygen atoms in total. The summed E-state index contributed by atoms with van der Waals surface area (Å²) in [6, 6.07) is 7.61. The third-order valence-corrected chi connectivity index (χ3v) is 7.31. The summed E-state index contributed by atoms with van der Waals surface area (Å²) in [5.41, 5.74) is 1.15. The number of nitrogens with one attached hydrogen (secondary N) is 3. The van der Waals surface area contributed by atoms with E-state index in [1.807, 2.05) is 27.7 Å². The van der Waals surface area contributed by atoms with Gasteiger partial charge in [-0.2, -0.15) is 18.2 Å². The van der Waals surface area contributed by atoms with Crippen molar-refractivity contribution in [2.45, 2.75) is 64.3 Å². The molecule has 0 saturated carbocycles. The smallest absolute Gasteiger partial charge is 0.475 e. The first-order valence-corrected chi connectivity index (χ1v) is 14.0. The van der Waals surface area contributed by atoms with Gasteiger partial charge in [-0.1, -0.05) is 47.6 Å². The number of halogens is 3. The summed E-state index contributed by atoms with van der Waals surface area (Å²) >= 11 is 0. The quantitative estimate of drug-likeness (QED) is 0.360.